The second-order valence-electron chi connectivity index (χ2n) is 11.2. The summed E-state index contributed by atoms with van der Waals surface area (Å²) in [5.41, 5.74) is 3.82. The van der Waals surface area contributed by atoms with Gasteiger partial charge in [-0.25, -0.2) is 13.1 Å². The van der Waals surface area contributed by atoms with Crippen molar-refractivity contribution >= 4 is 32.1 Å². The van der Waals surface area contributed by atoms with Gasteiger partial charge in [-0.3, -0.25) is 0 Å². The molecule has 1 saturated heterocycles. The highest BCUT2D eigenvalue weighted by Gasteiger charge is 2.42. The molecule has 1 aliphatic rings. The summed E-state index contributed by atoms with van der Waals surface area (Å²) < 4.78 is 35.8. The molecule has 0 bridgehead atoms. The fraction of sp³-hybridized carbons (Fsp3) is 0.469. The van der Waals surface area contributed by atoms with Crippen molar-refractivity contribution in [2.24, 2.45) is 13.0 Å². The molecule has 2 aromatic carbocycles. The average Bonchev–Trinajstić information content (AvgIpc) is 3.37. The number of sulfonamides is 1. The summed E-state index contributed by atoms with van der Waals surface area (Å²) in [7, 11) is -2.50. The van der Waals surface area contributed by atoms with Crippen LogP contribution in [0.5, 0.6) is 0 Å². The summed E-state index contributed by atoms with van der Waals surface area (Å²) in [5.74, 6) is -0.742. The Morgan fingerprint density at radius 3 is 2.33 bits per heavy atom. The van der Waals surface area contributed by atoms with Crippen LogP contribution in [0.3, 0.4) is 0 Å². The maximum absolute atomic E-state index is 13.2. The molecule has 0 spiro atoms. The first-order chi connectivity index (χ1) is 20.4. The zero-order valence-electron chi connectivity index (χ0n) is 25.4. The van der Waals surface area contributed by atoms with Crippen LogP contribution in [-0.2, 0) is 21.8 Å². The van der Waals surface area contributed by atoms with E-state index in [1.54, 1.807) is 19.1 Å². The zero-order chi connectivity index (χ0) is 31.5. The second-order valence-corrected chi connectivity index (χ2v) is 12.9. The van der Waals surface area contributed by atoms with E-state index in [4.69, 9.17) is 4.74 Å². The van der Waals surface area contributed by atoms with Crippen molar-refractivity contribution in [3.63, 3.8) is 0 Å². The molecule has 5 atom stereocenters. The van der Waals surface area contributed by atoms with Gasteiger partial charge in [0.05, 0.1) is 6.10 Å². The minimum atomic E-state index is -4.31. The molecule has 1 aromatic heterocycles. The van der Waals surface area contributed by atoms with Crippen LogP contribution in [0.15, 0.2) is 53.4 Å². The van der Waals surface area contributed by atoms with Gasteiger partial charge in [-0.1, -0.05) is 39.0 Å². The Balaban J connectivity index is 1.58. The standard InChI is InChI=1S/C32H42N4O6S/c1-6-14-36(15-7-2)25-11-10-22-16-24(9-8-23(22)17-25)27-13-12-26(35(27)5)20(3)29(18-33)43(40,41)34-19-28-31(38)30(37)21(4)32(39)42-28/h8-13,16-17,21,28,30-32,34,37-39H,6-7,14-15,19H2,1-5H3/b29-20+/t21-,28-,30-,31-,32?/m1/s1. The molecule has 0 aliphatic carbocycles. The van der Waals surface area contributed by atoms with Crippen LogP contribution in [-0.4, -0.2) is 72.5 Å². The molecule has 0 radical (unpaired) electrons. The molecule has 10 nitrogen and oxygen atoms in total. The SMILES string of the molecule is CCCN(CCC)c1ccc2cc(-c3ccc(/C(C)=C(\C#N)S(=O)(=O)NC[C@H]4OC(O)[C@H](C)[C@@H](O)[C@@H]4O)n3C)ccc2c1. The number of fused-ring (bicyclic) bond motifs is 1. The predicted molar refractivity (Wildman–Crippen MR) is 168 cm³/mol. The van der Waals surface area contributed by atoms with Crippen molar-refractivity contribution < 1.29 is 28.5 Å². The van der Waals surface area contributed by atoms with E-state index in [1.807, 2.05) is 23.7 Å². The molecule has 0 saturated carbocycles. The number of nitrogens with zero attached hydrogens (tertiary/aromatic N) is 3. The fourth-order valence-electron chi connectivity index (χ4n) is 5.65. The van der Waals surface area contributed by atoms with Crippen molar-refractivity contribution in [2.75, 3.05) is 24.5 Å². The van der Waals surface area contributed by atoms with E-state index in [0.717, 1.165) is 48.0 Å². The summed E-state index contributed by atoms with van der Waals surface area (Å²) in [6.45, 7) is 9.02. The number of hydrogen-bond donors (Lipinski definition) is 4. The smallest absolute Gasteiger partial charge is 0.251 e. The number of anilines is 1. The van der Waals surface area contributed by atoms with Gasteiger partial charge in [0.2, 0.25) is 0 Å². The first-order valence-electron chi connectivity index (χ1n) is 14.7. The molecular weight excluding hydrogens is 568 g/mol. The molecule has 1 fully saturated rings. The van der Waals surface area contributed by atoms with Crippen molar-refractivity contribution in [3.8, 4) is 17.3 Å². The topological polar surface area (TPSA) is 148 Å². The molecule has 232 valence electrons. The third-order valence-electron chi connectivity index (χ3n) is 8.20. The summed E-state index contributed by atoms with van der Waals surface area (Å²) in [5, 5.41) is 42.5. The number of nitrogens with one attached hydrogen (secondary N) is 1. The first-order valence-corrected chi connectivity index (χ1v) is 16.2. The van der Waals surface area contributed by atoms with Crippen LogP contribution in [0.1, 0.15) is 46.2 Å². The first kappa shape index (κ1) is 32.7. The van der Waals surface area contributed by atoms with E-state index in [0.29, 0.717) is 5.69 Å². The lowest BCUT2D eigenvalue weighted by atomic mass is 9.92. The Kier molecular flexibility index (Phi) is 10.3. The Labute approximate surface area is 253 Å². The normalized spacial score (nSPS) is 23.2. The number of hydrogen-bond acceptors (Lipinski definition) is 8. The van der Waals surface area contributed by atoms with Gasteiger partial charge < -0.3 is 29.5 Å². The van der Waals surface area contributed by atoms with E-state index in [-0.39, 0.29) is 5.57 Å². The van der Waals surface area contributed by atoms with Crippen LogP contribution in [0, 0.1) is 17.2 Å². The monoisotopic (exact) mass is 610 g/mol. The molecule has 4 N–H and O–H groups in total. The van der Waals surface area contributed by atoms with Crippen LogP contribution in [0.2, 0.25) is 0 Å². The Bertz CT molecular complexity index is 1620. The highest BCUT2D eigenvalue weighted by Crippen LogP contribution is 2.32. The molecule has 0 amide bonds. The van der Waals surface area contributed by atoms with Gasteiger partial charge in [-0.2, -0.15) is 5.26 Å². The number of aromatic nitrogens is 1. The molecule has 1 unspecified atom stereocenters. The van der Waals surface area contributed by atoms with Gasteiger partial charge in [0.15, 0.2) is 11.2 Å². The molecule has 3 aromatic rings. The lowest BCUT2D eigenvalue weighted by molar-refractivity contribution is -0.257. The van der Waals surface area contributed by atoms with Gasteiger partial charge in [-0.05, 0) is 66.4 Å². The van der Waals surface area contributed by atoms with E-state index < -0.39 is 52.0 Å². The van der Waals surface area contributed by atoms with Crippen LogP contribution >= 0.6 is 0 Å². The number of ether oxygens (including phenoxy) is 1. The van der Waals surface area contributed by atoms with E-state index in [9.17, 15) is 29.0 Å². The van der Waals surface area contributed by atoms with E-state index in [2.05, 4.69) is 53.8 Å². The minimum Gasteiger partial charge on any atom is -0.390 e. The van der Waals surface area contributed by atoms with Crippen molar-refractivity contribution in [1.29, 1.82) is 5.26 Å². The number of nitriles is 1. The summed E-state index contributed by atoms with van der Waals surface area (Å²) in [6, 6.07) is 18.2. The molecule has 43 heavy (non-hydrogen) atoms. The van der Waals surface area contributed by atoms with Gasteiger partial charge in [-0.15, -0.1) is 0 Å². The zero-order valence-corrected chi connectivity index (χ0v) is 26.2. The van der Waals surface area contributed by atoms with Crippen molar-refractivity contribution in [3.05, 3.63) is 59.1 Å². The number of aliphatic hydroxyl groups excluding tert-OH is 3. The fourth-order valence-corrected chi connectivity index (χ4v) is 6.81. The molecule has 2 heterocycles. The Morgan fingerprint density at radius 2 is 1.67 bits per heavy atom. The van der Waals surface area contributed by atoms with E-state index >= 15 is 0 Å². The number of allylic oxidation sites excluding steroid dienone is 2. The van der Waals surface area contributed by atoms with Gasteiger partial charge in [0.25, 0.3) is 10.0 Å². The van der Waals surface area contributed by atoms with Gasteiger partial charge in [0, 0.05) is 55.2 Å². The van der Waals surface area contributed by atoms with Crippen LogP contribution < -0.4 is 9.62 Å². The lowest BCUT2D eigenvalue weighted by Gasteiger charge is -2.39. The summed E-state index contributed by atoms with van der Waals surface area (Å²) in [4.78, 5) is 1.92. The highest BCUT2D eigenvalue weighted by atomic mass is 32.2. The summed E-state index contributed by atoms with van der Waals surface area (Å²) >= 11 is 0. The van der Waals surface area contributed by atoms with Gasteiger partial charge in [0.1, 0.15) is 18.3 Å². The lowest BCUT2D eigenvalue weighted by Crippen LogP contribution is -2.56. The van der Waals surface area contributed by atoms with Gasteiger partial charge >= 0.3 is 0 Å². The second kappa shape index (κ2) is 13.6. The largest absolute Gasteiger partial charge is 0.390 e. The third-order valence-corrected chi connectivity index (χ3v) is 9.68. The van der Waals surface area contributed by atoms with Crippen molar-refractivity contribution in [2.45, 2.75) is 65.1 Å². The summed E-state index contributed by atoms with van der Waals surface area (Å²) in [6.07, 6.45) is -3.09. The molecule has 11 heteroatoms. The maximum Gasteiger partial charge on any atom is 0.251 e. The van der Waals surface area contributed by atoms with E-state index in [1.165, 1.54) is 12.6 Å². The molecule has 4 rings (SSSR count). The number of rotatable bonds is 11. The predicted octanol–water partition coefficient (Wildman–Crippen LogP) is 3.72. The van der Waals surface area contributed by atoms with Crippen LogP contribution in [0.25, 0.3) is 27.6 Å². The number of aliphatic hydroxyl groups is 3. The van der Waals surface area contributed by atoms with Crippen LogP contribution in [0.4, 0.5) is 5.69 Å². The molecular formula is C32H42N4O6S. The quantitative estimate of drug-likeness (QED) is 0.240. The van der Waals surface area contributed by atoms with Crippen molar-refractivity contribution in [1.82, 2.24) is 9.29 Å². The third kappa shape index (κ3) is 6.80. The number of benzene rings is 2. The Hall–Kier alpha value is -3.24. The minimum absolute atomic E-state index is 0.250. The maximum atomic E-state index is 13.2. The highest BCUT2D eigenvalue weighted by molar-refractivity contribution is 7.93. The average molecular weight is 611 g/mol. The molecule has 1 aliphatic heterocycles. The Morgan fingerprint density at radius 1 is 1.02 bits per heavy atom.